The Labute approximate surface area is 150 Å². The van der Waals surface area contributed by atoms with Crippen LogP contribution in [0.5, 0.6) is 0 Å². The van der Waals surface area contributed by atoms with E-state index in [2.05, 4.69) is 23.7 Å². The number of nitrogens with zero attached hydrogens (tertiary/aromatic N) is 2. The van der Waals surface area contributed by atoms with E-state index < -0.39 is 5.97 Å². The molecule has 0 unspecified atom stereocenters. The number of carbonyl (C=O) groups is 2. The zero-order valence-corrected chi connectivity index (χ0v) is 16.1. The lowest BCUT2D eigenvalue weighted by Crippen LogP contribution is -2.42. The number of piperidine rings is 1. The highest BCUT2D eigenvalue weighted by molar-refractivity contribution is 6.00. The summed E-state index contributed by atoms with van der Waals surface area (Å²) in [6.07, 6.45) is 2.07. The highest BCUT2D eigenvalue weighted by atomic mass is 16.5. The number of aromatic amines is 1. The fourth-order valence-electron chi connectivity index (χ4n) is 3.70. The first-order chi connectivity index (χ1) is 11.9. The molecule has 0 aromatic carbocycles. The van der Waals surface area contributed by atoms with Gasteiger partial charge in [0.2, 0.25) is 0 Å². The second kappa shape index (κ2) is 8.52. The van der Waals surface area contributed by atoms with Crippen molar-refractivity contribution in [2.45, 2.75) is 40.5 Å². The minimum atomic E-state index is -0.400. The summed E-state index contributed by atoms with van der Waals surface area (Å²) in [5.41, 5.74) is 2.35. The van der Waals surface area contributed by atoms with Crippen molar-refractivity contribution in [2.24, 2.45) is 5.92 Å². The van der Waals surface area contributed by atoms with Crippen molar-refractivity contribution in [1.82, 2.24) is 14.8 Å². The molecule has 1 aliphatic heterocycles. The summed E-state index contributed by atoms with van der Waals surface area (Å²) in [6.45, 7) is 12.8. The summed E-state index contributed by atoms with van der Waals surface area (Å²) in [7, 11) is 1.36. The van der Waals surface area contributed by atoms with E-state index in [-0.39, 0.29) is 5.91 Å². The number of esters is 1. The number of likely N-dealkylation sites (tertiary alicyclic amines) is 1. The zero-order valence-electron chi connectivity index (χ0n) is 16.1. The number of aryl methyl sites for hydroxylation is 1. The van der Waals surface area contributed by atoms with E-state index >= 15 is 0 Å². The molecule has 1 aliphatic rings. The van der Waals surface area contributed by atoms with Crippen molar-refractivity contribution < 1.29 is 14.3 Å². The van der Waals surface area contributed by atoms with Gasteiger partial charge < -0.3 is 19.5 Å². The lowest BCUT2D eigenvalue weighted by atomic mass is 9.95. The molecular formula is C19H31N3O3. The van der Waals surface area contributed by atoms with Crippen molar-refractivity contribution in [2.75, 3.05) is 39.8 Å². The van der Waals surface area contributed by atoms with Crippen LogP contribution in [0.25, 0.3) is 0 Å². The van der Waals surface area contributed by atoms with Gasteiger partial charge in [-0.25, -0.2) is 4.79 Å². The summed E-state index contributed by atoms with van der Waals surface area (Å²) in [5.74, 6) is 0.237. The fourth-order valence-corrected chi connectivity index (χ4v) is 3.70. The first-order valence-electron chi connectivity index (χ1n) is 9.21. The smallest absolute Gasteiger partial charge is 0.339 e. The molecule has 1 aromatic heterocycles. The summed E-state index contributed by atoms with van der Waals surface area (Å²) in [5, 5.41) is 0. The van der Waals surface area contributed by atoms with Crippen molar-refractivity contribution in [3.05, 3.63) is 22.5 Å². The molecule has 6 nitrogen and oxygen atoms in total. The SMILES string of the molecule is CCN(CC)CC1CCN(C(=O)c2[nH]c(C)c(C(=O)OC)c2C)CC1. The summed E-state index contributed by atoms with van der Waals surface area (Å²) >= 11 is 0. The van der Waals surface area contributed by atoms with Crippen LogP contribution in [-0.4, -0.2) is 66.5 Å². The van der Waals surface area contributed by atoms with E-state index in [9.17, 15) is 9.59 Å². The average molecular weight is 349 g/mol. The third kappa shape index (κ3) is 4.24. The lowest BCUT2D eigenvalue weighted by Gasteiger charge is -2.34. The lowest BCUT2D eigenvalue weighted by molar-refractivity contribution is 0.0599. The van der Waals surface area contributed by atoms with Gasteiger partial charge in [0.25, 0.3) is 5.91 Å². The van der Waals surface area contributed by atoms with Crippen LogP contribution in [0.15, 0.2) is 0 Å². The van der Waals surface area contributed by atoms with Crippen molar-refractivity contribution >= 4 is 11.9 Å². The number of amides is 1. The Kier molecular flexibility index (Phi) is 6.64. The molecule has 1 N–H and O–H groups in total. The molecule has 2 rings (SSSR count). The van der Waals surface area contributed by atoms with E-state index in [0.29, 0.717) is 28.4 Å². The maximum absolute atomic E-state index is 12.9. The van der Waals surface area contributed by atoms with Crippen LogP contribution in [-0.2, 0) is 4.74 Å². The normalized spacial score (nSPS) is 15.7. The average Bonchev–Trinajstić information content (AvgIpc) is 2.93. The monoisotopic (exact) mass is 349 g/mol. The van der Waals surface area contributed by atoms with Gasteiger partial charge >= 0.3 is 5.97 Å². The highest BCUT2D eigenvalue weighted by Gasteiger charge is 2.28. The van der Waals surface area contributed by atoms with Crippen molar-refractivity contribution in [1.29, 1.82) is 0 Å². The van der Waals surface area contributed by atoms with E-state index in [1.54, 1.807) is 13.8 Å². The predicted molar refractivity (Wildman–Crippen MR) is 98.0 cm³/mol. The second-order valence-electron chi connectivity index (χ2n) is 6.84. The number of methoxy groups -OCH3 is 1. The molecule has 0 radical (unpaired) electrons. The maximum atomic E-state index is 12.9. The Balaban J connectivity index is 2.02. The number of rotatable bonds is 6. The summed E-state index contributed by atoms with van der Waals surface area (Å²) < 4.78 is 4.82. The van der Waals surface area contributed by atoms with Gasteiger partial charge in [0.05, 0.1) is 12.7 Å². The van der Waals surface area contributed by atoms with E-state index in [4.69, 9.17) is 4.74 Å². The topological polar surface area (TPSA) is 65.6 Å². The molecule has 0 saturated carbocycles. The zero-order chi connectivity index (χ0) is 18.6. The van der Waals surface area contributed by atoms with Crippen LogP contribution in [0.2, 0.25) is 0 Å². The van der Waals surface area contributed by atoms with Crippen molar-refractivity contribution in [3.63, 3.8) is 0 Å². The summed E-state index contributed by atoms with van der Waals surface area (Å²) in [6, 6.07) is 0. The Morgan fingerprint density at radius 1 is 1.20 bits per heavy atom. The molecule has 0 bridgehead atoms. The molecule has 1 amide bonds. The Hall–Kier alpha value is -1.82. The minimum absolute atomic E-state index is 0.0166. The first kappa shape index (κ1) is 19.5. The van der Waals surface area contributed by atoms with Gasteiger partial charge in [0.15, 0.2) is 0 Å². The van der Waals surface area contributed by atoms with Crippen LogP contribution in [0.3, 0.4) is 0 Å². The van der Waals surface area contributed by atoms with Crippen LogP contribution in [0.1, 0.15) is 58.8 Å². The van der Waals surface area contributed by atoms with Crippen LogP contribution >= 0.6 is 0 Å². The molecule has 1 saturated heterocycles. The van der Waals surface area contributed by atoms with E-state index in [0.717, 1.165) is 45.6 Å². The Bertz CT molecular complexity index is 612. The number of ether oxygens (including phenoxy) is 1. The Morgan fingerprint density at radius 2 is 1.80 bits per heavy atom. The van der Waals surface area contributed by atoms with Gasteiger partial charge in [0, 0.05) is 25.3 Å². The standard InChI is InChI=1S/C19H31N3O3/c1-6-21(7-2)12-15-8-10-22(11-9-15)18(23)17-13(3)16(14(4)20-17)19(24)25-5/h15,20H,6-12H2,1-5H3. The molecular weight excluding hydrogens is 318 g/mol. The molecule has 6 heteroatoms. The number of H-pyrrole nitrogens is 1. The molecule has 0 spiro atoms. The predicted octanol–water partition coefficient (Wildman–Crippen LogP) is 2.61. The number of hydrogen-bond acceptors (Lipinski definition) is 4. The number of hydrogen-bond donors (Lipinski definition) is 1. The molecule has 1 fully saturated rings. The van der Waals surface area contributed by atoms with Gasteiger partial charge in [-0.05, 0) is 51.3 Å². The maximum Gasteiger partial charge on any atom is 0.339 e. The van der Waals surface area contributed by atoms with E-state index in [1.807, 2.05) is 4.90 Å². The summed E-state index contributed by atoms with van der Waals surface area (Å²) in [4.78, 5) is 32.2. The molecule has 2 heterocycles. The van der Waals surface area contributed by atoms with Gasteiger partial charge in [-0.3, -0.25) is 4.79 Å². The first-order valence-corrected chi connectivity index (χ1v) is 9.21. The number of carbonyl (C=O) groups excluding carboxylic acids is 2. The van der Waals surface area contributed by atoms with Gasteiger partial charge in [-0.2, -0.15) is 0 Å². The number of nitrogens with one attached hydrogen (secondary N) is 1. The third-order valence-electron chi connectivity index (χ3n) is 5.35. The van der Waals surface area contributed by atoms with Crippen LogP contribution < -0.4 is 0 Å². The van der Waals surface area contributed by atoms with Crippen molar-refractivity contribution in [3.8, 4) is 0 Å². The fraction of sp³-hybridized carbons (Fsp3) is 0.684. The second-order valence-corrected chi connectivity index (χ2v) is 6.84. The Morgan fingerprint density at radius 3 is 2.32 bits per heavy atom. The van der Waals surface area contributed by atoms with Gasteiger partial charge in [0.1, 0.15) is 5.69 Å². The minimum Gasteiger partial charge on any atom is -0.465 e. The third-order valence-corrected chi connectivity index (χ3v) is 5.35. The molecule has 25 heavy (non-hydrogen) atoms. The highest BCUT2D eigenvalue weighted by Crippen LogP contribution is 2.24. The molecule has 140 valence electrons. The number of aromatic nitrogens is 1. The quantitative estimate of drug-likeness (QED) is 0.802. The van der Waals surface area contributed by atoms with Crippen LogP contribution in [0.4, 0.5) is 0 Å². The van der Waals surface area contributed by atoms with Gasteiger partial charge in [-0.15, -0.1) is 0 Å². The molecule has 1 aromatic rings. The van der Waals surface area contributed by atoms with Gasteiger partial charge in [-0.1, -0.05) is 13.8 Å². The largest absolute Gasteiger partial charge is 0.465 e. The molecule has 0 aliphatic carbocycles. The van der Waals surface area contributed by atoms with Crippen LogP contribution in [0, 0.1) is 19.8 Å². The van der Waals surface area contributed by atoms with E-state index in [1.165, 1.54) is 7.11 Å². The molecule has 0 atom stereocenters.